The summed E-state index contributed by atoms with van der Waals surface area (Å²) in [5.74, 6) is 0.673. The Bertz CT molecular complexity index is 432. The van der Waals surface area contributed by atoms with Crippen molar-refractivity contribution >= 4 is 5.78 Å². The highest BCUT2D eigenvalue weighted by atomic mass is 16.1. The van der Waals surface area contributed by atoms with Crippen LogP contribution < -0.4 is 0 Å². The third-order valence-corrected chi connectivity index (χ3v) is 4.62. The SMILES string of the molecule is CC(=O)C1CCN(Cc2ccccc2)CC1.CCCN(C)CCC. The molecule has 0 unspecified atom stereocenters. The van der Waals surface area contributed by atoms with Crippen LogP contribution in [-0.4, -0.2) is 48.8 Å². The quantitative estimate of drug-likeness (QED) is 0.747. The van der Waals surface area contributed by atoms with Crippen molar-refractivity contribution in [3.63, 3.8) is 0 Å². The number of hydrogen-bond acceptors (Lipinski definition) is 3. The van der Waals surface area contributed by atoms with E-state index in [0.717, 1.165) is 32.5 Å². The minimum absolute atomic E-state index is 0.312. The molecule has 0 aromatic heterocycles. The highest BCUT2D eigenvalue weighted by Crippen LogP contribution is 2.19. The summed E-state index contributed by atoms with van der Waals surface area (Å²) in [4.78, 5) is 16.0. The van der Waals surface area contributed by atoms with Crippen molar-refractivity contribution in [2.75, 3.05) is 33.2 Å². The Morgan fingerprint density at radius 2 is 1.62 bits per heavy atom. The van der Waals surface area contributed by atoms with Gasteiger partial charge in [-0.1, -0.05) is 44.2 Å². The van der Waals surface area contributed by atoms with Gasteiger partial charge in [-0.25, -0.2) is 0 Å². The number of likely N-dealkylation sites (tertiary alicyclic amines) is 1. The molecule has 1 heterocycles. The van der Waals surface area contributed by atoms with E-state index in [-0.39, 0.29) is 0 Å². The first-order valence-corrected chi connectivity index (χ1v) is 9.52. The summed E-state index contributed by atoms with van der Waals surface area (Å²) in [5.41, 5.74) is 1.36. The van der Waals surface area contributed by atoms with Gasteiger partial charge in [0.25, 0.3) is 0 Å². The number of piperidine rings is 1. The zero-order chi connectivity index (χ0) is 17.8. The molecule has 0 bridgehead atoms. The van der Waals surface area contributed by atoms with Gasteiger partial charge in [-0.05, 0) is 71.4 Å². The van der Waals surface area contributed by atoms with Crippen LogP contribution in [0.15, 0.2) is 30.3 Å². The molecule has 3 nitrogen and oxygen atoms in total. The molecule has 1 fully saturated rings. The van der Waals surface area contributed by atoms with Crippen molar-refractivity contribution < 1.29 is 4.79 Å². The second-order valence-corrected chi connectivity index (χ2v) is 6.95. The number of ketones is 1. The normalized spacial score (nSPS) is 15.9. The molecule has 2 rings (SSSR count). The molecular formula is C21H36N2O. The molecule has 24 heavy (non-hydrogen) atoms. The Hall–Kier alpha value is -1.19. The Labute approximate surface area is 149 Å². The maximum Gasteiger partial charge on any atom is 0.133 e. The van der Waals surface area contributed by atoms with E-state index in [4.69, 9.17) is 0 Å². The molecule has 1 aliphatic heterocycles. The van der Waals surface area contributed by atoms with Crippen LogP contribution in [0.3, 0.4) is 0 Å². The maximum absolute atomic E-state index is 11.2. The van der Waals surface area contributed by atoms with E-state index in [1.54, 1.807) is 6.92 Å². The molecule has 0 spiro atoms. The van der Waals surface area contributed by atoms with Crippen LogP contribution in [0.5, 0.6) is 0 Å². The highest BCUT2D eigenvalue weighted by molar-refractivity contribution is 5.78. The fourth-order valence-corrected chi connectivity index (χ4v) is 3.21. The fraction of sp³-hybridized carbons (Fsp3) is 0.667. The highest BCUT2D eigenvalue weighted by Gasteiger charge is 2.21. The lowest BCUT2D eigenvalue weighted by Crippen LogP contribution is -2.35. The Morgan fingerprint density at radius 3 is 2.08 bits per heavy atom. The van der Waals surface area contributed by atoms with Crippen LogP contribution in [0.25, 0.3) is 0 Å². The second kappa shape index (κ2) is 12.2. The van der Waals surface area contributed by atoms with Gasteiger partial charge in [0, 0.05) is 12.5 Å². The molecule has 1 saturated heterocycles. The maximum atomic E-state index is 11.2. The number of rotatable bonds is 7. The topological polar surface area (TPSA) is 23.6 Å². The van der Waals surface area contributed by atoms with Crippen molar-refractivity contribution in [1.29, 1.82) is 0 Å². The second-order valence-electron chi connectivity index (χ2n) is 6.95. The number of nitrogens with zero attached hydrogens (tertiary/aromatic N) is 2. The number of benzene rings is 1. The minimum Gasteiger partial charge on any atom is -0.306 e. The lowest BCUT2D eigenvalue weighted by atomic mass is 9.93. The predicted octanol–water partition coefficient (Wildman–Crippen LogP) is 4.23. The van der Waals surface area contributed by atoms with Crippen LogP contribution in [0, 0.1) is 5.92 Å². The number of carbonyl (C=O) groups is 1. The monoisotopic (exact) mass is 332 g/mol. The third-order valence-electron chi connectivity index (χ3n) is 4.62. The van der Waals surface area contributed by atoms with E-state index in [1.165, 1.54) is 31.5 Å². The Balaban J connectivity index is 0.000000307. The molecule has 1 aliphatic rings. The first-order chi connectivity index (χ1) is 11.6. The van der Waals surface area contributed by atoms with E-state index in [2.05, 4.69) is 55.0 Å². The van der Waals surface area contributed by atoms with E-state index in [0.29, 0.717) is 11.7 Å². The van der Waals surface area contributed by atoms with Crippen molar-refractivity contribution in [3.05, 3.63) is 35.9 Å². The first kappa shape index (κ1) is 20.9. The third kappa shape index (κ3) is 8.60. The average molecular weight is 333 g/mol. The van der Waals surface area contributed by atoms with E-state index in [1.807, 2.05) is 6.07 Å². The van der Waals surface area contributed by atoms with Gasteiger partial charge in [0.1, 0.15) is 5.78 Å². The van der Waals surface area contributed by atoms with Crippen LogP contribution in [0.1, 0.15) is 52.0 Å². The summed E-state index contributed by atoms with van der Waals surface area (Å²) in [6, 6.07) is 10.5. The van der Waals surface area contributed by atoms with Crippen molar-refractivity contribution in [2.45, 2.75) is 53.0 Å². The number of Topliss-reactive ketones (excluding diaryl/α,β-unsaturated/α-hetero) is 1. The molecule has 3 heteroatoms. The largest absolute Gasteiger partial charge is 0.306 e. The zero-order valence-corrected chi connectivity index (χ0v) is 16.1. The lowest BCUT2D eigenvalue weighted by Gasteiger charge is -2.30. The smallest absolute Gasteiger partial charge is 0.133 e. The molecule has 136 valence electrons. The van der Waals surface area contributed by atoms with Crippen LogP contribution in [0.2, 0.25) is 0 Å². The summed E-state index contributed by atoms with van der Waals surface area (Å²) in [6.07, 6.45) is 4.61. The van der Waals surface area contributed by atoms with Gasteiger partial charge in [-0.15, -0.1) is 0 Å². The predicted molar refractivity (Wildman–Crippen MR) is 103 cm³/mol. The zero-order valence-electron chi connectivity index (χ0n) is 16.1. The summed E-state index contributed by atoms with van der Waals surface area (Å²) >= 11 is 0. The molecule has 0 aliphatic carbocycles. The van der Waals surface area contributed by atoms with Gasteiger partial charge in [-0.2, -0.15) is 0 Å². The molecule has 0 N–H and O–H groups in total. The van der Waals surface area contributed by atoms with Crippen LogP contribution in [-0.2, 0) is 11.3 Å². The standard InChI is InChI=1S/C14H19NO.C7H17N/c1-12(16)14-7-9-15(10-8-14)11-13-5-3-2-4-6-13;1-4-6-8(3)7-5-2/h2-6,14H,7-11H2,1H3;4-7H2,1-3H3. The van der Waals surface area contributed by atoms with Gasteiger partial charge in [-0.3, -0.25) is 9.69 Å². The van der Waals surface area contributed by atoms with Crippen molar-refractivity contribution in [2.24, 2.45) is 5.92 Å². The molecule has 0 saturated carbocycles. The van der Waals surface area contributed by atoms with Gasteiger partial charge >= 0.3 is 0 Å². The minimum atomic E-state index is 0.312. The summed E-state index contributed by atoms with van der Waals surface area (Å²) in [7, 11) is 2.17. The van der Waals surface area contributed by atoms with E-state index >= 15 is 0 Å². The molecular weight excluding hydrogens is 296 g/mol. The fourth-order valence-electron chi connectivity index (χ4n) is 3.21. The number of carbonyl (C=O) groups excluding carboxylic acids is 1. The molecule has 0 amide bonds. The van der Waals surface area contributed by atoms with Crippen molar-refractivity contribution in [1.82, 2.24) is 9.80 Å². The molecule has 1 aromatic carbocycles. The lowest BCUT2D eigenvalue weighted by molar-refractivity contribution is -0.122. The van der Waals surface area contributed by atoms with Gasteiger partial charge in [0.15, 0.2) is 0 Å². The van der Waals surface area contributed by atoms with Gasteiger partial charge in [0.2, 0.25) is 0 Å². The summed E-state index contributed by atoms with van der Waals surface area (Å²) in [5, 5.41) is 0. The van der Waals surface area contributed by atoms with Gasteiger partial charge in [0.05, 0.1) is 0 Å². The van der Waals surface area contributed by atoms with Crippen LogP contribution in [0.4, 0.5) is 0 Å². The average Bonchev–Trinajstić information content (AvgIpc) is 2.57. The van der Waals surface area contributed by atoms with Crippen LogP contribution >= 0.6 is 0 Å². The first-order valence-electron chi connectivity index (χ1n) is 9.52. The van der Waals surface area contributed by atoms with Gasteiger partial charge < -0.3 is 4.90 Å². The Morgan fingerprint density at radius 1 is 1.08 bits per heavy atom. The summed E-state index contributed by atoms with van der Waals surface area (Å²) < 4.78 is 0. The Kier molecular flexibility index (Phi) is 10.6. The molecule has 0 atom stereocenters. The summed E-state index contributed by atoms with van der Waals surface area (Å²) in [6.45, 7) is 11.8. The van der Waals surface area contributed by atoms with E-state index in [9.17, 15) is 4.79 Å². The van der Waals surface area contributed by atoms with Crippen molar-refractivity contribution in [3.8, 4) is 0 Å². The van der Waals surface area contributed by atoms with E-state index < -0.39 is 0 Å². The molecule has 1 aromatic rings. The molecule has 0 radical (unpaired) electrons. The number of hydrogen-bond donors (Lipinski definition) is 0.